The Morgan fingerprint density at radius 2 is 2.14 bits per heavy atom. The van der Waals surface area contributed by atoms with E-state index >= 15 is 0 Å². The van der Waals surface area contributed by atoms with E-state index in [1.165, 1.54) is 11.8 Å². The highest BCUT2D eigenvalue weighted by atomic mass is 32.2. The minimum Gasteiger partial charge on any atom is -0.415 e. The molecule has 1 aromatic heterocycles. The summed E-state index contributed by atoms with van der Waals surface area (Å²) in [6.45, 7) is 0.556. The van der Waals surface area contributed by atoms with Crippen molar-refractivity contribution in [3.8, 4) is 0 Å². The number of rotatable bonds is 7. The Labute approximate surface area is 87.1 Å². The molecule has 0 aliphatic heterocycles. The number of aliphatic hydroxyl groups is 1. The zero-order valence-electron chi connectivity index (χ0n) is 7.98. The summed E-state index contributed by atoms with van der Waals surface area (Å²) in [7, 11) is 0. The second-order valence-electron chi connectivity index (χ2n) is 2.80. The maximum atomic E-state index is 8.56. The molecule has 0 bridgehead atoms. The zero-order chi connectivity index (χ0) is 10.2. The van der Waals surface area contributed by atoms with Gasteiger partial charge >= 0.3 is 0 Å². The van der Waals surface area contributed by atoms with Crippen molar-refractivity contribution in [2.75, 3.05) is 12.4 Å². The molecule has 0 saturated heterocycles. The molecule has 0 amide bonds. The van der Waals surface area contributed by atoms with E-state index in [1.54, 1.807) is 0 Å². The summed E-state index contributed by atoms with van der Waals surface area (Å²) in [4.78, 5) is 0. The van der Waals surface area contributed by atoms with Gasteiger partial charge in [0.1, 0.15) is 0 Å². The maximum absolute atomic E-state index is 8.56. The second-order valence-corrected chi connectivity index (χ2v) is 3.84. The predicted molar refractivity (Wildman–Crippen MR) is 53.9 cm³/mol. The van der Waals surface area contributed by atoms with Gasteiger partial charge in [0.25, 0.3) is 5.22 Å². The molecular formula is C8H15N3O2S. The fourth-order valence-electron chi connectivity index (χ4n) is 0.929. The standard InChI is InChI=1S/C8H15N3O2S/c9-6-7-10-11-8(13-7)14-5-3-1-2-4-12/h12H,1-6,9H2. The Bertz CT molecular complexity index is 254. The first kappa shape index (κ1) is 11.5. The molecule has 3 N–H and O–H groups in total. The lowest BCUT2D eigenvalue weighted by molar-refractivity contribution is 0.284. The third-order valence-electron chi connectivity index (χ3n) is 1.65. The Hall–Kier alpha value is -0.590. The van der Waals surface area contributed by atoms with Crippen molar-refractivity contribution in [3.63, 3.8) is 0 Å². The predicted octanol–water partition coefficient (Wildman–Crippen LogP) is 0.783. The van der Waals surface area contributed by atoms with E-state index in [2.05, 4.69) is 10.2 Å². The van der Waals surface area contributed by atoms with Gasteiger partial charge in [-0.05, 0) is 12.8 Å². The van der Waals surface area contributed by atoms with Gasteiger partial charge in [0.15, 0.2) is 0 Å². The van der Waals surface area contributed by atoms with Gasteiger partial charge in [-0.2, -0.15) is 0 Å². The number of hydrogen-bond acceptors (Lipinski definition) is 6. The molecule has 14 heavy (non-hydrogen) atoms. The number of nitrogens with two attached hydrogens (primary N) is 1. The van der Waals surface area contributed by atoms with Crippen LogP contribution in [0, 0.1) is 0 Å². The highest BCUT2D eigenvalue weighted by molar-refractivity contribution is 7.99. The molecule has 0 aliphatic carbocycles. The molecule has 1 aromatic rings. The average molecular weight is 217 g/mol. The third-order valence-corrected chi connectivity index (χ3v) is 2.56. The van der Waals surface area contributed by atoms with E-state index in [4.69, 9.17) is 15.3 Å². The molecule has 5 nitrogen and oxygen atoms in total. The normalized spacial score (nSPS) is 10.7. The van der Waals surface area contributed by atoms with Crippen LogP contribution in [0.4, 0.5) is 0 Å². The van der Waals surface area contributed by atoms with Crippen LogP contribution >= 0.6 is 11.8 Å². The van der Waals surface area contributed by atoms with Gasteiger partial charge < -0.3 is 15.3 Å². The number of thioether (sulfide) groups is 1. The SMILES string of the molecule is NCc1nnc(SCCCCCO)o1. The maximum Gasteiger partial charge on any atom is 0.276 e. The van der Waals surface area contributed by atoms with Crippen molar-refractivity contribution in [2.24, 2.45) is 5.73 Å². The topological polar surface area (TPSA) is 85.2 Å². The number of hydrogen-bond donors (Lipinski definition) is 2. The van der Waals surface area contributed by atoms with Gasteiger partial charge in [-0.25, -0.2) is 0 Å². The fraction of sp³-hybridized carbons (Fsp3) is 0.750. The van der Waals surface area contributed by atoms with Crippen LogP contribution in [-0.4, -0.2) is 27.7 Å². The highest BCUT2D eigenvalue weighted by Gasteiger charge is 2.03. The van der Waals surface area contributed by atoms with Crippen LogP contribution in [0.3, 0.4) is 0 Å². The monoisotopic (exact) mass is 217 g/mol. The molecule has 6 heteroatoms. The van der Waals surface area contributed by atoms with Gasteiger partial charge in [-0.3, -0.25) is 0 Å². The Morgan fingerprint density at radius 1 is 1.29 bits per heavy atom. The number of aliphatic hydroxyl groups excluding tert-OH is 1. The summed E-state index contributed by atoms with van der Waals surface area (Å²) >= 11 is 1.53. The van der Waals surface area contributed by atoms with E-state index in [0.29, 0.717) is 11.1 Å². The first-order valence-electron chi connectivity index (χ1n) is 4.63. The first-order chi connectivity index (χ1) is 6.86. The number of nitrogens with zero attached hydrogens (tertiary/aromatic N) is 2. The largest absolute Gasteiger partial charge is 0.415 e. The van der Waals surface area contributed by atoms with Gasteiger partial charge in [0.05, 0.1) is 6.54 Å². The molecule has 0 atom stereocenters. The second kappa shape index (κ2) is 6.80. The molecule has 0 aliphatic rings. The molecule has 0 saturated carbocycles. The molecule has 0 radical (unpaired) electrons. The van der Waals surface area contributed by atoms with Crippen LogP contribution in [0.25, 0.3) is 0 Å². The van der Waals surface area contributed by atoms with E-state index in [9.17, 15) is 0 Å². The Kier molecular flexibility index (Phi) is 5.58. The summed E-state index contributed by atoms with van der Waals surface area (Å²) in [5.74, 6) is 1.41. The van der Waals surface area contributed by atoms with E-state index in [1.807, 2.05) is 0 Å². The van der Waals surface area contributed by atoms with E-state index < -0.39 is 0 Å². The van der Waals surface area contributed by atoms with Gasteiger partial charge in [-0.1, -0.05) is 18.2 Å². The van der Waals surface area contributed by atoms with Crippen LogP contribution in [0.15, 0.2) is 9.64 Å². The smallest absolute Gasteiger partial charge is 0.276 e. The molecule has 0 fully saturated rings. The van der Waals surface area contributed by atoms with Crippen molar-refractivity contribution in [2.45, 2.75) is 31.0 Å². The Balaban J connectivity index is 2.12. The van der Waals surface area contributed by atoms with Crippen LogP contribution in [0.2, 0.25) is 0 Å². The summed E-state index contributed by atoms with van der Waals surface area (Å²) in [6, 6.07) is 0. The zero-order valence-corrected chi connectivity index (χ0v) is 8.79. The fourth-order valence-corrected chi connectivity index (χ4v) is 1.71. The molecule has 0 aromatic carbocycles. The van der Waals surface area contributed by atoms with Crippen molar-refractivity contribution < 1.29 is 9.52 Å². The van der Waals surface area contributed by atoms with Gasteiger partial charge in [0, 0.05) is 12.4 Å². The lowest BCUT2D eigenvalue weighted by Gasteiger charge is -1.95. The molecule has 1 rings (SSSR count). The minimum atomic E-state index is 0.266. The van der Waals surface area contributed by atoms with Crippen LogP contribution in [0.5, 0.6) is 0 Å². The lowest BCUT2D eigenvalue weighted by atomic mass is 10.3. The Morgan fingerprint density at radius 3 is 2.79 bits per heavy atom. The summed E-state index contributed by atoms with van der Waals surface area (Å²) in [5.41, 5.74) is 5.32. The van der Waals surface area contributed by atoms with Crippen LogP contribution < -0.4 is 5.73 Å². The van der Waals surface area contributed by atoms with Gasteiger partial charge in [0.2, 0.25) is 5.89 Å². The van der Waals surface area contributed by atoms with Crippen molar-refractivity contribution in [3.05, 3.63) is 5.89 Å². The van der Waals surface area contributed by atoms with Gasteiger partial charge in [-0.15, -0.1) is 10.2 Å². The molecule has 80 valence electrons. The number of aromatic nitrogens is 2. The third kappa shape index (κ3) is 4.08. The molecule has 0 unspecified atom stereocenters. The summed E-state index contributed by atoms with van der Waals surface area (Å²) in [6.07, 6.45) is 2.94. The van der Waals surface area contributed by atoms with Crippen LogP contribution in [0.1, 0.15) is 25.2 Å². The van der Waals surface area contributed by atoms with Crippen molar-refractivity contribution >= 4 is 11.8 Å². The van der Waals surface area contributed by atoms with Crippen molar-refractivity contribution in [1.82, 2.24) is 10.2 Å². The number of unbranched alkanes of at least 4 members (excludes halogenated alkanes) is 2. The average Bonchev–Trinajstić information content (AvgIpc) is 2.65. The minimum absolute atomic E-state index is 0.266. The summed E-state index contributed by atoms with van der Waals surface area (Å²) in [5, 5.41) is 16.7. The molecular weight excluding hydrogens is 202 g/mol. The van der Waals surface area contributed by atoms with E-state index in [0.717, 1.165) is 25.0 Å². The van der Waals surface area contributed by atoms with E-state index in [-0.39, 0.29) is 13.2 Å². The summed E-state index contributed by atoms with van der Waals surface area (Å²) < 4.78 is 5.21. The molecule has 0 spiro atoms. The van der Waals surface area contributed by atoms with Crippen molar-refractivity contribution in [1.29, 1.82) is 0 Å². The molecule has 1 heterocycles. The van der Waals surface area contributed by atoms with Crippen LogP contribution in [-0.2, 0) is 6.54 Å². The highest BCUT2D eigenvalue weighted by Crippen LogP contribution is 2.17. The quantitative estimate of drug-likeness (QED) is 0.518. The lowest BCUT2D eigenvalue weighted by Crippen LogP contribution is -1.95. The first-order valence-corrected chi connectivity index (χ1v) is 5.61.